The first-order chi connectivity index (χ1) is 11.3. The van der Waals surface area contributed by atoms with Gasteiger partial charge in [0.05, 0.1) is 6.54 Å². The summed E-state index contributed by atoms with van der Waals surface area (Å²) in [6.07, 6.45) is 2.20. The first kappa shape index (κ1) is 13.7. The number of benzene rings is 1. The number of rotatable bonds is 5. The molecular weight excluding hydrogens is 296 g/mol. The number of nitrogens with zero attached hydrogens (tertiary/aromatic N) is 3. The summed E-state index contributed by atoms with van der Waals surface area (Å²) in [4.78, 5) is 16.3. The van der Waals surface area contributed by atoms with E-state index in [9.17, 15) is 4.79 Å². The molecule has 2 heterocycles. The number of amides is 1. The normalized spacial score (nSPS) is 13.9. The molecule has 1 saturated carbocycles. The lowest BCUT2D eigenvalue weighted by atomic mass is 10.2. The molecule has 0 spiro atoms. The van der Waals surface area contributed by atoms with Gasteiger partial charge in [0.25, 0.3) is 5.91 Å². The fourth-order valence-corrected chi connectivity index (χ4v) is 2.23. The quantitative estimate of drug-likeness (QED) is 0.778. The maximum Gasteiger partial charge on any atom is 0.273 e. The molecule has 0 aliphatic heterocycles. The third-order valence-corrected chi connectivity index (χ3v) is 3.64. The smallest absolute Gasteiger partial charge is 0.273 e. The van der Waals surface area contributed by atoms with Crippen LogP contribution < -0.4 is 5.32 Å². The molecule has 1 aromatic carbocycles. The van der Waals surface area contributed by atoms with E-state index in [0.29, 0.717) is 17.6 Å². The minimum absolute atomic E-state index is 0.143. The largest absolute Gasteiger partial charge is 0.360 e. The molecule has 4 rings (SSSR count). The van der Waals surface area contributed by atoms with Crippen LogP contribution in [0.1, 0.15) is 40.9 Å². The number of carbonyl (C=O) groups excluding carboxylic acids is 1. The molecule has 1 aliphatic rings. The van der Waals surface area contributed by atoms with Crippen molar-refractivity contribution in [1.29, 1.82) is 0 Å². The molecule has 7 heteroatoms. The van der Waals surface area contributed by atoms with Gasteiger partial charge in [-0.15, -0.1) is 0 Å². The maximum absolute atomic E-state index is 12.0. The molecule has 0 bridgehead atoms. The van der Waals surface area contributed by atoms with E-state index in [1.807, 2.05) is 30.3 Å². The summed E-state index contributed by atoms with van der Waals surface area (Å²) in [5, 5.41) is 10.4. The van der Waals surface area contributed by atoms with Crippen molar-refractivity contribution in [2.24, 2.45) is 0 Å². The molecule has 0 atom stereocenters. The van der Waals surface area contributed by atoms with Crippen LogP contribution in [0.15, 0.2) is 45.4 Å². The minimum atomic E-state index is -0.319. The van der Waals surface area contributed by atoms with Crippen molar-refractivity contribution < 1.29 is 13.8 Å². The highest BCUT2D eigenvalue weighted by molar-refractivity contribution is 5.92. The Hall–Kier alpha value is -2.96. The average molecular weight is 310 g/mol. The van der Waals surface area contributed by atoms with Gasteiger partial charge in [-0.05, 0) is 12.8 Å². The average Bonchev–Trinajstić information content (AvgIpc) is 3.14. The van der Waals surface area contributed by atoms with Gasteiger partial charge >= 0.3 is 0 Å². The summed E-state index contributed by atoms with van der Waals surface area (Å²) in [5.41, 5.74) is 1.13. The Labute approximate surface area is 131 Å². The van der Waals surface area contributed by atoms with Gasteiger partial charge < -0.3 is 14.4 Å². The lowest BCUT2D eigenvalue weighted by Gasteiger charge is -1.97. The van der Waals surface area contributed by atoms with Gasteiger partial charge in [-0.2, -0.15) is 4.98 Å². The fraction of sp³-hybridized carbons (Fsp3) is 0.250. The highest BCUT2D eigenvalue weighted by Gasteiger charge is 2.28. The molecule has 2 aromatic heterocycles. The SMILES string of the molecule is O=C(NCc1nc(-c2ccccc2)no1)c1cc(C2CC2)on1. The van der Waals surface area contributed by atoms with E-state index in [4.69, 9.17) is 9.05 Å². The molecule has 1 amide bonds. The van der Waals surface area contributed by atoms with Crippen molar-refractivity contribution in [1.82, 2.24) is 20.6 Å². The number of aromatic nitrogens is 3. The van der Waals surface area contributed by atoms with Crippen LogP contribution in [-0.2, 0) is 6.54 Å². The molecule has 3 aromatic rings. The Morgan fingerprint density at radius 3 is 2.78 bits per heavy atom. The Bertz CT molecular complexity index is 821. The first-order valence-electron chi connectivity index (χ1n) is 7.42. The van der Waals surface area contributed by atoms with Crippen molar-refractivity contribution in [3.05, 3.63) is 53.7 Å². The third-order valence-electron chi connectivity index (χ3n) is 3.64. The van der Waals surface area contributed by atoms with Gasteiger partial charge in [-0.3, -0.25) is 4.79 Å². The van der Waals surface area contributed by atoms with Gasteiger partial charge in [0.2, 0.25) is 11.7 Å². The van der Waals surface area contributed by atoms with Crippen LogP contribution in [0.4, 0.5) is 0 Å². The zero-order chi connectivity index (χ0) is 15.6. The number of hydrogen-bond acceptors (Lipinski definition) is 6. The molecule has 23 heavy (non-hydrogen) atoms. The molecule has 1 N–H and O–H groups in total. The highest BCUT2D eigenvalue weighted by atomic mass is 16.5. The van der Waals surface area contributed by atoms with E-state index in [0.717, 1.165) is 24.2 Å². The summed E-state index contributed by atoms with van der Waals surface area (Å²) in [7, 11) is 0. The predicted octanol–water partition coefficient (Wildman–Crippen LogP) is 2.53. The molecule has 0 unspecified atom stereocenters. The Morgan fingerprint density at radius 2 is 2.00 bits per heavy atom. The van der Waals surface area contributed by atoms with Crippen molar-refractivity contribution >= 4 is 5.91 Å². The van der Waals surface area contributed by atoms with Crippen LogP contribution in [0.3, 0.4) is 0 Å². The van der Waals surface area contributed by atoms with E-state index in [1.165, 1.54) is 0 Å². The summed E-state index contributed by atoms with van der Waals surface area (Å²) >= 11 is 0. The van der Waals surface area contributed by atoms with Crippen LogP contribution in [0.25, 0.3) is 11.4 Å². The zero-order valence-corrected chi connectivity index (χ0v) is 12.2. The van der Waals surface area contributed by atoms with Crippen LogP contribution in [0.5, 0.6) is 0 Å². The van der Waals surface area contributed by atoms with Crippen molar-refractivity contribution in [3.63, 3.8) is 0 Å². The molecular formula is C16H14N4O3. The number of nitrogens with one attached hydrogen (secondary N) is 1. The van der Waals surface area contributed by atoms with E-state index >= 15 is 0 Å². The fourth-order valence-electron chi connectivity index (χ4n) is 2.23. The summed E-state index contributed by atoms with van der Waals surface area (Å²) in [5.74, 6) is 1.71. The number of carbonyl (C=O) groups is 1. The molecule has 0 saturated heterocycles. The van der Waals surface area contributed by atoms with Crippen LogP contribution in [0, 0.1) is 0 Å². The molecule has 1 aliphatic carbocycles. The third kappa shape index (κ3) is 2.98. The molecule has 116 valence electrons. The lowest BCUT2D eigenvalue weighted by Crippen LogP contribution is -2.23. The van der Waals surface area contributed by atoms with Crippen LogP contribution >= 0.6 is 0 Å². The maximum atomic E-state index is 12.0. The minimum Gasteiger partial charge on any atom is -0.360 e. The van der Waals surface area contributed by atoms with E-state index in [1.54, 1.807) is 6.07 Å². The van der Waals surface area contributed by atoms with Crippen molar-refractivity contribution in [2.75, 3.05) is 0 Å². The Morgan fingerprint density at radius 1 is 1.17 bits per heavy atom. The monoisotopic (exact) mass is 310 g/mol. The Balaban J connectivity index is 1.38. The molecule has 7 nitrogen and oxygen atoms in total. The lowest BCUT2D eigenvalue weighted by molar-refractivity contribution is 0.0937. The second-order valence-electron chi connectivity index (χ2n) is 5.45. The second-order valence-corrected chi connectivity index (χ2v) is 5.45. The van der Waals surface area contributed by atoms with E-state index in [2.05, 4.69) is 20.6 Å². The number of hydrogen-bond donors (Lipinski definition) is 1. The molecule has 0 radical (unpaired) electrons. The van der Waals surface area contributed by atoms with Gasteiger partial charge in [0.1, 0.15) is 5.76 Å². The van der Waals surface area contributed by atoms with Gasteiger partial charge in [0, 0.05) is 17.5 Å². The van der Waals surface area contributed by atoms with Gasteiger partial charge in [-0.25, -0.2) is 0 Å². The van der Waals surface area contributed by atoms with Crippen LogP contribution in [-0.4, -0.2) is 21.2 Å². The first-order valence-corrected chi connectivity index (χ1v) is 7.42. The predicted molar refractivity (Wildman–Crippen MR) is 79.4 cm³/mol. The van der Waals surface area contributed by atoms with Gasteiger partial charge in [-0.1, -0.05) is 40.6 Å². The second kappa shape index (κ2) is 5.68. The van der Waals surface area contributed by atoms with Crippen molar-refractivity contribution in [2.45, 2.75) is 25.3 Å². The van der Waals surface area contributed by atoms with Gasteiger partial charge in [0.15, 0.2) is 5.69 Å². The standard InChI is InChI=1S/C16H14N4O3/c21-16(12-8-13(22-19-12)10-6-7-10)17-9-14-18-15(20-23-14)11-4-2-1-3-5-11/h1-5,8,10H,6-7,9H2,(H,17,21). The highest BCUT2D eigenvalue weighted by Crippen LogP contribution is 2.40. The van der Waals surface area contributed by atoms with Crippen LogP contribution in [0.2, 0.25) is 0 Å². The van der Waals surface area contributed by atoms with E-state index < -0.39 is 0 Å². The zero-order valence-electron chi connectivity index (χ0n) is 12.2. The summed E-state index contributed by atoms with van der Waals surface area (Å²) in [6, 6.07) is 11.2. The molecule has 1 fully saturated rings. The summed E-state index contributed by atoms with van der Waals surface area (Å²) < 4.78 is 10.3. The topological polar surface area (TPSA) is 94.1 Å². The van der Waals surface area contributed by atoms with E-state index in [-0.39, 0.29) is 18.1 Å². The Kier molecular flexibility index (Phi) is 3.38. The van der Waals surface area contributed by atoms with Crippen molar-refractivity contribution in [3.8, 4) is 11.4 Å². The summed E-state index contributed by atoms with van der Waals surface area (Å²) in [6.45, 7) is 0.143.